The molecule has 0 aliphatic carbocycles. The highest BCUT2D eigenvalue weighted by atomic mass is 16.6. The van der Waals surface area contributed by atoms with E-state index in [9.17, 15) is 14.9 Å². The van der Waals surface area contributed by atoms with E-state index < -0.39 is 4.92 Å². The van der Waals surface area contributed by atoms with Crippen LogP contribution in [0.4, 0.5) is 5.69 Å². The van der Waals surface area contributed by atoms with Crippen LogP contribution in [0, 0.1) is 10.1 Å². The number of Topliss-reactive ketones (excluding diaryl/α,β-unsaturated/α-hetero) is 1. The van der Waals surface area contributed by atoms with Gasteiger partial charge in [-0.3, -0.25) is 14.9 Å². The molecule has 0 saturated carbocycles. The molecule has 17 heavy (non-hydrogen) atoms. The van der Waals surface area contributed by atoms with Gasteiger partial charge in [0.05, 0.1) is 11.3 Å². The smallest absolute Gasteiger partial charge is 0.293 e. The third-order valence-electron chi connectivity index (χ3n) is 2.36. The van der Waals surface area contributed by atoms with Gasteiger partial charge in [0.1, 0.15) is 5.69 Å². The maximum Gasteiger partial charge on any atom is 0.293 e. The molecule has 6 nitrogen and oxygen atoms in total. The summed E-state index contributed by atoms with van der Waals surface area (Å²) in [5.74, 6) is -0.203. The highest BCUT2D eigenvalue weighted by Crippen LogP contribution is 2.24. The van der Waals surface area contributed by atoms with Gasteiger partial charge >= 0.3 is 0 Å². The number of nitro benzene ring substituents is 1. The molecule has 0 N–H and O–H groups in total. The molecule has 0 atom stereocenters. The fourth-order valence-electron chi connectivity index (χ4n) is 1.51. The zero-order valence-corrected chi connectivity index (χ0v) is 9.03. The average Bonchev–Trinajstić information content (AvgIpc) is 2.81. The Labute approximate surface area is 96.7 Å². The minimum absolute atomic E-state index is 0.115. The Morgan fingerprint density at radius 3 is 2.76 bits per heavy atom. The van der Waals surface area contributed by atoms with Crippen LogP contribution in [-0.2, 0) is 0 Å². The lowest BCUT2D eigenvalue weighted by atomic mass is 10.1. The SMILES string of the molecule is CC(=O)c1ccc(-n2ccnc2)c([N+](=O)[O-])c1. The maximum absolute atomic E-state index is 11.2. The van der Waals surface area contributed by atoms with E-state index in [0.717, 1.165) is 0 Å². The molecule has 2 rings (SSSR count). The summed E-state index contributed by atoms with van der Waals surface area (Å²) >= 11 is 0. The first kappa shape index (κ1) is 11.0. The molecule has 2 aromatic rings. The molecule has 1 aromatic carbocycles. The normalized spacial score (nSPS) is 10.2. The quantitative estimate of drug-likeness (QED) is 0.459. The summed E-state index contributed by atoms with van der Waals surface area (Å²) in [5, 5.41) is 11.0. The van der Waals surface area contributed by atoms with E-state index in [-0.39, 0.29) is 11.5 Å². The van der Waals surface area contributed by atoms with E-state index >= 15 is 0 Å². The maximum atomic E-state index is 11.2. The number of benzene rings is 1. The summed E-state index contributed by atoms with van der Waals surface area (Å²) in [7, 11) is 0. The van der Waals surface area contributed by atoms with E-state index in [4.69, 9.17) is 0 Å². The average molecular weight is 231 g/mol. The minimum atomic E-state index is -0.512. The monoisotopic (exact) mass is 231 g/mol. The lowest BCUT2D eigenvalue weighted by Crippen LogP contribution is -2.01. The fraction of sp³-hybridized carbons (Fsp3) is 0.0909. The number of carbonyl (C=O) groups is 1. The van der Waals surface area contributed by atoms with Crippen LogP contribution in [-0.4, -0.2) is 20.3 Å². The van der Waals surface area contributed by atoms with E-state index in [1.807, 2.05) is 0 Å². The minimum Gasteiger partial charge on any atom is -0.300 e. The first-order valence-corrected chi connectivity index (χ1v) is 4.87. The van der Waals surface area contributed by atoms with E-state index in [0.29, 0.717) is 11.3 Å². The Balaban J connectivity index is 2.61. The number of rotatable bonds is 3. The second-order valence-corrected chi connectivity index (χ2v) is 3.49. The number of imidazole rings is 1. The lowest BCUT2D eigenvalue weighted by molar-refractivity contribution is -0.384. The number of aromatic nitrogens is 2. The zero-order valence-electron chi connectivity index (χ0n) is 9.03. The van der Waals surface area contributed by atoms with Crippen LogP contribution < -0.4 is 0 Å². The van der Waals surface area contributed by atoms with Gasteiger partial charge in [0.2, 0.25) is 0 Å². The molecule has 1 heterocycles. The van der Waals surface area contributed by atoms with Crippen molar-refractivity contribution in [2.45, 2.75) is 6.92 Å². The zero-order chi connectivity index (χ0) is 12.4. The molecule has 86 valence electrons. The first-order valence-electron chi connectivity index (χ1n) is 4.87. The van der Waals surface area contributed by atoms with E-state index in [1.165, 1.54) is 36.1 Å². The van der Waals surface area contributed by atoms with Crippen LogP contribution in [0.5, 0.6) is 0 Å². The van der Waals surface area contributed by atoms with Gasteiger partial charge in [0.15, 0.2) is 5.78 Å². The molecular weight excluding hydrogens is 222 g/mol. The molecule has 0 aliphatic rings. The second-order valence-electron chi connectivity index (χ2n) is 3.49. The van der Waals surface area contributed by atoms with Crippen molar-refractivity contribution in [3.8, 4) is 5.69 Å². The standard InChI is InChI=1S/C11H9N3O3/c1-8(15)9-2-3-10(11(6-9)14(16)17)13-5-4-12-7-13/h2-7H,1H3. The Morgan fingerprint density at radius 2 is 2.24 bits per heavy atom. The van der Waals surface area contributed by atoms with E-state index in [2.05, 4.69) is 4.98 Å². The molecular formula is C11H9N3O3. The highest BCUT2D eigenvalue weighted by Gasteiger charge is 2.17. The van der Waals surface area contributed by atoms with Gasteiger partial charge in [0, 0.05) is 24.0 Å². The highest BCUT2D eigenvalue weighted by molar-refractivity contribution is 5.95. The molecule has 0 spiro atoms. The van der Waals surface area contributed by atoms with Crippen LogP contribution in [0.1, 0.15) is 17.3 Å². The van der Waals surface area contributed by atoms with E-state index in [1.54, 1.807) is 12.3 Å². The number of hydrogen-bond acceptors (Lipinski definition) is 4. The van der Waals surface area contributed by atoms with Crippen LogP contribution in [0.2, 0.25) is 0 Å². The number of hydrogen-bond donors (Lipinski definition) is 0. The van der Waals surface area contributed by atoms with Crippen molar-refractivity contribution < 1.29 is 9.72 Å². The van der Waals surface area contributed by atoms with Gasteiger partial charge in [-0.25, -0.2) is 4.98 Å². The van der Waals surface area contributed by atoms with Crippen molar-refractivity contribution in [2.24, 2.45) is 0 Å². The molecule has 6 heteroatoms. The fourth-order valence-corrected chi connectivity index (χ4v) is 1.51. The van der Waals surface area contributed by atoms with Gasteiger partial charge in [-0.2, -0.15) is 0 Å². The summed E-state index contributed by atoms with van der Waals surface area (Å²) in [6, 6.07) is 4.37. The lowest BCUT2D eigenvalue weighted by Gasteiger charge is -2.04. The molecule has 0 fully saturated rings. The van der Waals surface area contributed by atoms with Gasteiger partial charge in [-0.15, -0.1) is 0 Å². The van der Waals surface area contributed by atoms with Crippen LogP contribution in [0.3, 0.4) is 0 Å². The number of carbonyl (C=O) groups excluding carboxylic acids is 1. The number of nitrogens with zero attached hydrogens (tertiary/aromatic N) is 3. The second kappa shape index (κ2) is 4.17. The van der Waals surface area contributed by atoms with Crippen LogP contribution in [0.25, 0.3) is 5.69 Å². The van der Waals surface area contributed by atoms with Gasteiger partial charge in [-0.05, 0) is 19.1 Å². The van der Waals surface area contributed by atoms with Crippen LogP contribution >= 0.6 is 0 Å². The summed E-state index contributed by atoms with van der Waals surface area (Å²) < 4.78 is 1.53. The summed E-state index contributed by atoms with van der Waals surface area (Å²) in [6.07, 6.45) is 4.61. The molecule has 0 aliphatic heterocycles. The molecule has 1 aromatic heterocycles. The first-order chi connectivity index (χ1) is 8.09. The molecule has 0 saturated heterocycles. The molecule has 0 radical (unpaired) electrons. The van der Waals surface area contributed by atoms with Crippen molar-refractivity contribution >= 4 is 11.5 Å². The third-order valence-corrected chi connectivity index (χ3v) is 2.36. The topological polar surface area (TPSA) is 78.0 Å². The van der Waals surface area contributed by atoms with Gasteiger partial charge in [0.25, 0.3) is 5.69 Å². The Bertz CT molecular complexity index is 576. The summed E-state index contributed by atoms with van der Waals surface area (Å²) in [6.45, 7) is 1.37. The van der Waals surface area contributed by atoms with Crippen molar-refractivity contribution in [1.29, 1.82) is 0 Å². The predicted octanol–water partition coefficient (Wildman–Crippen LogP) is 1.98. The molecule has 0 bridgehead atoms. The van der Waals surface area contributed by atoms with Crippen molar-refractivity contribution in [1.82, 2.24) is 9.55 Å². The Hall–Kier alpha value is -2.50. The summed E-state index contributed by atoms with van der Waals surface area (Å²) in [4.78, 5) is 25.4. The number of ketones is 1. The molecule has 0 amide bonds. The number of nitro groups is 1. The Morgan fingerprint density at radius 1 is 1.47 bits per heavy atom. The third kappa shape index (κ3) is 2.05. The largest absolute Gasteiger partial charge is 0.300 e. The van der Waals surface area contributed by atoms with Gasteiger partial charge in [-0.1, -0.05) is 0 Å². The Kier molecular flexibility index (Phi) is 2.70. The van der Waals surface area contributed by atoms with Crippen molar-refractivity contribution in [3.05, 3.63) is 52.6 Å². The summed E-state index contributed by atoms with van der Waals surface area (Å²) in [5.41, 5.74) is 0.591. The van der Waals surface area contributed by atoms with Crippen molar-refractivity contribution in [3.63, 3.8) is 0 Å². The predicted molar refractivity (Wildman–Crippen MR) is 60.2 cm³/mol. The van der Waals surface area contributed by atoms with Crippen LogP contribution in [0.15, 0.2) is 36.9 Å². The van der Waals surface area contributed by atoms with Crippen molar-refractivity contribution in [2.75, 3.05) is 0 Å². The van der Waals surface area contributed by atoms with Gasteiger partial charge < -0.3 is 4.57 Å². The molecule has 0 unspecified atom stereocenters.